The smallest absolute Gasteiger partial charge is 0.0480 e. The van der Waals surface area contributed by atoms with Crippen molar-refractivity contribution in [2.45, 2.75) is 12.5 Å². The second-order valence-electron chi connectivity index (χ2n) is 2.18. The Morgan fingerprint density at radius 3 is 2.75 bits per heavy atom. The molecule has 1 aliphatic carbocycles. The molecule has 1 rings (SSSR count). The molecule has 3 N–H and O–H groups in total. The summed E-state index contributed by atoms with van der Waals surface area (Å²) in [6, 6.07) is 0.0972. The molecule has 0 spiro atoms. The molecule has 2 nitrogen and oxygen atoms in total. The van der Waals surface area contributed by atoms with Gasteiger partial charge >= 0.3 is 0 Å². The fourth-order valence-corrected chi connectivity index (χ4v) is 0.921. The minimum atomic E-state index is 0.0972. The number of hydrogen-bond donors (Lipinski definition) is 2. The summed E-state index contributed by atoms with van der Waals surface area (Å²) in [6.07, 6.45) is 4.91. The van der Waals surface area contributed by atoms with Crippen LogP contribution < -0.4 is 5.73 Å². The molecule has 0 amide bonds. The van der Waals surface area contributed by atoms with Crippen molar-refractivity contribution in [2.75, 3.05) is 6.61 Å². The Bertz CT molecular complexity index is 101. The average Bonchev–Trinajstić information content (AvgIpc) is 2.14. The first-order chi connectivity index (χ1) is 3.84. The van der Waals surface area contributed by atoms with E-state index in [1.54, 1.807) is 0 Å². The average molecular weight is 113 g/mol. The van der Waals surface area contributed by atoms with Gasteiger partial charge in [0.05, 0.1) is 0 Å². The minimum absolute atomic E-state index is 0.0972. The van der Waals surface area contributed by atoms with Crippen LogP contribution in [0.2, 0.25) is 0 Å². The molecule has 0 saturated carbocycles. The molecule has 0 aliphatic heterocycles. The van der Waals surface area contributed by atoms with E-state index in [4.69, 9.17) is 10.8 Å². The van der Waals surface area contributed by atoms with Crippen molar-refractivity contribution in [1.29, 1.82) is 0 Å². The van der Waals surface area contributed by atoms with E-state index in [1.807, 2.05) is 12.2 Å². The highest BCUT2D eigenvalue weighted by atomic mass is 16.3. The lowest BCUT2D eigenvalue weighted by atomic mass is 10.1. The third-order valence-electron chi connectivity index (χ3n) is 1.58. The van der Waals surface area contributed by atoms with Crippen LogP contribution in [0.25, 0.3) is 0 Å². The Morgan fingerprint density at radius 1 is 1.75 bits per heavy atom. The summed E-state index contributed by atoms with van der Waals surface area (Å²) in [5, 5.41) is 8.62. The van der Waals surface area contributed by atoms with E-state index in [0.717, 1.165) is 6.42 Å². The van der Waals surface area contributed by atoms with Gasteiger partial charge in [-0.25, -0.2) is 0 Å². The summed E-state index contributed by atoms with van der Waals surface area (Å²) in [5.41, 5.74) is 5.54. The molecule has 46 valence electrons. The largest absolute Gasteiger partial charge is 0.396 e. The first-order valence-corrected chi connectivity index (χ1v) is 2.87. The zero-order chi connectivity index (χ0) is 5.98. The second-order valence-corrected chi connectivity index (χ2v) is 2.18. The Morgan fingerprint density at radius 2 is 2.50 bits per heavy atom. The van der Waals surface area contributed by atoms with Gasteiger partial charge in [-0.3, -0.25) is 0 Å². The maximum atomic E-state index is 8.62. The molecule has 0 aromatic carbocycles. The lowest BCUT2D eigenvalue weighted by Gasteiger charge is -2.09. The molecule has 0 heterocycles. The van der Waals surface area contributed by atoms with Crippen LogP contribution in [0.4, 0.5) is 0 Å². The molecule has 1 aliphatic rings. The summed E-state index contributed by atoms with van der Waals surface area (Å²) in [5.74, 6) is 0.287. The number of nitrogens with two attached hydrogens (primary N) is 1. The van der Waals surface area contributed by atoms with Crippen LogP contribution in [0.15, 0.2) is 12.2 Å². The normalized spacial score (nSPS) is 36.2. The molecular weight excluding hydrogens is 102 g/mol. The highest BCUT2D eigenvalue weighted by molar-refractivity contribution is 5.03. The van der Waals surface area contributed by atoms with Gasteiger partial charge in [-0.15, -0.1) is 0 Å². The van der Waals surface area contributed by atoms with E-state index in [-0.39, 0.29) is 18.6 Å². The standard InChI is InChI=1S/C6H11NO/c7-6-3-1-2-5(6)4-8/h1,3,5-6,8H,2,4,7H2. The van der Waals surface area contributed by atoms with Gasteiger partial charge in [-0.2, -0.15) is 0 Å². The van der Waals surface area contributed by atoms with Crippen LogP contribution in [0.5, 0.6) is 0 Å². The first-order valence-electron chi connectivity index (χ1n) is 2.87. The quantitative estimate of drug-likeness (QED) is 0.466. The lowest BCUT2D eigenvalue weighted by Crippen LogP contribution is -2.26. The van der Waals surface area contributed by atoms with Gasteiger partial charge in [0.15, 0.2) is 0 Å². The minimum Gasteiger partial charge on any atom is -0.396 e. The predicted molar refractivity (Wildman–Crippen MR) is 32.3 cm³/mol. The SMILES string of the molecule is NC1C=CCC1CO. The molecule has 2 atom stereocenters. The van der Waals surface area contributed by atoms with Crippen molar-refractivity contribution in [1.82, 2.24) is 0 Å². The molecule has 0 aromatic heterocycles. The van der Waals surface area contributed by atoms with Crippen LogP contribution in [0.1, 0.15) is 6.42 Å². The molecule has 2 unspecified atom stereocenters. The van der Waals surface area contributed by atoms with E-state index < -0.39 is 0 Å². The Labute approximate surface area is 49.0 Å². The third kappa shape index (κ3) is 0.904. The molecule has 0 aromatic rings. The zero-order valence-corrected chi connectivity index (χ0v) is 4.75. The van der Waals surface area contributed by atoms with Crippen molar-refractivity contribution >= 4 is 0 Å². The monoisotopic (exact) mass is 113 g/mol. The number of rotatable bonds is 1. The third-order valence-corrected chi connectivity index (χ3v) is 1.58. The van der Waals surface area contributed by atoms with Gasteiger partial charge in [0.1, 0.15) is 0 Å². The molecule has 0 radical (unpaired) electrons. The van der Waals surface area contributed by atoms with E-state index in [9.17, 15) is 0 Å². The lowest BCUT2D eigenvalue weighted by molar-refractivity contribution is 0.223. The van der Waals surface area contributed by atoms with Gasteiger partial charge < -0.3 is 10.8 Å². The van der Waals surface area contributed by atoms with Crippen LogP contribution in [-0.4, -0.2) is 17.8 Å². The molecular formula is C6H11NO. The summed E-state index contributed by atoms with van der Waals surface area (Å²) in [6.45, 7) is 0.216. The van der Waals surface area contributed by atoms with Gasteiger partial charge in [0, 0.05) is 18.6 Å². The van der Waals surface area contributed by atoms with Crippen molar-refractivity contribution in [2.24, 2.45) is 11.7 Å². The Hall–Kier alpha value is -0.340. The van der Waals surface area contributed by atoms with Crippen molar-refractivity contribution in [3.63, 3.8) is 0 Å². The Kier molecular flexibility index (Phi) is 1.65. The van der Waals surface area contributed by atoms with Crippen LogP contribution in [0, 0.1) is 5.92 Å². The molecule has 0 fully saturated rings. The van der Waals surface area contributed by atoms with Gasteiger partial charge in [-0.1, -0.05) is 12.2 Å². The van der Waals surface area contributed by atoms with E-state index >= 15 is 0 Å². The number of aliphatic hydroxyl groups excluding tert-OH is 1. The second kappa shape index (κ2) is 2.29. The molecule has 2 heteroatoms. The van der Waals surface area contributed by atoms with E-state index in [0.29, 0.717) is 0 Å². The van der Waals surface area contributed by atoms with E-state index in [2.05, 4.69) is 0 Å². The van der Waals surface area contributed by atoms with Gasteiger partial charge in [0.2, 0.25) is 0 Å². The molecule has 8 heavy (non-hydrogen) atoms. The summed E-state index contributed by atoms with van der Waals surface area (Å²) in [4.78, 5) is 0. The highest BCUT2D eigenvalue weighted by Crippen LogP contribution is 2.14. The van der Waals surface area contributed by atoms with Gasteiger partial charge in [0.25, 0.3) is 0 Å². The topological polar surface area (TPSA) is 46.2 Å². The Balaban J connectivity index is 2.38. The van der Waals surface area contributed by atoms with Crippen molar-refractivity contribution in [3.05, 3.63) is 12.2 Å². The fraction of sp³-hybridized carbons (Fsp3) is 0.667. The number of aliphatic hydroxyl groups is 1. The van der Waals surface area contributed by atoms with Crippen molar-refractivity contribution in [3.8, 4) is 0 Å². The maximum Gasteiger partial charge on any atom is 0.0480 e. The van der Waals surface area contributed by atoms with Crippen LogP contribution in [0.3, 0.4) is 0 Å². The van der Waals surface area contributed by atoms with Gasteiger partial charge in [-0.05, 0) is 6.42 Å². The summed E-state index contributed by atoms with van der Waals surface area (Å²) < 4.78 is 0. The number of hydrogen-bond acceptors (Lipinski definition) is 2. The molecule has 0 bridgehead atoms. The van der Waals surface area contributed by atoms with Crippen LogP contribution >= 0.6 is 0 Å². The zero-order valence-electron chi connectivity index (χ0n) is 4.75. The summed E-state index contributed by atoms with van der Waals surface area (Å²) >= 11 is 0. The van der Waals surface area contributed by atoms with Crippen LogP contribution in [-0.2, 0) is 0 Å². The summed E-state index contributed by atoms with van der Waals surface area (Å²) in [7, 11) is 0. The first kappa shape index (κ1) is 5.79. The van der Waals surface area contributed by atoms with E-state index in [1.165, 1.54) is 0 Å². The predicted octanol–water partition coefficient (Wildman–Crippen LogP) is -0.118. The fourth-order valence-electron chi connectivity index (χ4n) is 0.921. The van der Waals surface area contributed by atoms with Crippen molar-refractivity contribution < 1.29 is 5.11 Å². The molecule has 0 saturated heterocycles. The maximum absolute atomic E-state index is 8.62. The number of allylic oxidation sites excluding steroid dienone is 1. The highest BCUT2D eigenvalue weighted by Gasteiger charge is 2.16.